The van der Waals surface area contributed by atoms with E-state index in [2.05, 4.69) is 0 Å². The van der Waals surface area contributed by atoms with Crippen molar-refractivity contribution in [2.24, 2.45) is 0 Å². The van der Waals surface area contributed by atoms with Gasteiger partial charge in [-0.1, -0.05) is 70.1 Å². The number of ether oxygens (including phenoxy) is 4. The third kappa shape index (κ3) is 8.80. The average molecular weight is 831 g/mol. The van der Waals surface area contributed by atoms with E-state index in [0.29, 0.717) is 11.1 Å². The molecule has 0 bridgehead atoms. The minimum Gasteiger partial charge on any atom is -0.507 e. The normalized spacial score (nSPS) is 11.3. The van der Waals surface area contributed by atoms with Gasteiger partial charge in [0.1, 0.15) is 45.3 Å². The van der Waals surface area contributed by atoms with Crippen LogP contribution in [0.3, 0.4) is 0 Å². The van der Waals surface area contributed by atoms with Gasteiger partial charge in [0, 0.05) is 12.8 Å². The molecule has 0 fully saturated rings. The molecule has 0 aliphatic carbocycles. The SMILES string of the molecule is COC(=O)c1cc(Cc2cc(C(c3cc(Cc4cc(Cl)c(O)c(C(=O)OC)c4)c(O)c(C(=O)OC)c3)C(Cl)(Cl)Cl)cc(C(=O)OC)c2O)cc(Cl)c1O. The topological polar surface area (TPSA) is 186 Å². The summed E-state index contributed by atoms with van der Waals surface area (Å²) in [6.07, 6.45) is -0.392. The number of carbonyl (C=O) groups is 4. The zero-order valence-electron chi connectivity index (χ0n) is 28.1. The number of methoxy groups -OCH3 is 4. The maximum atomic E-state index is 13.0. The lowest BCUT2D eigenvalue weighted by atomic mass is 9.85. The van der Waals surface area contributed by atoms with Gasteiger partial charge in [0.25, 0.3) is 0 Å². The molecular formula is C36H29Cl5O12. The average Bonchev–Trinajstić information content (AvgIpc) is 3.11. The molecule has 4 aromatic carbocycles. The van der Waals surface area contributed by atoms with Crippen LogP contribution in [0, 0.1) is 0 Å². The number of hydrogen-bond acceptors (Lipinski definition) is 12. The van der Waals surface area contributed by atoms with E-state index >= 15 is 0 Å². The van der Waals surface area contributed by atoms with Crippen molar-refractivity contribution in [1.82, 2.24) is 0 Å². The number of hydrogen-bond donors (Lipinski definition) is 4. The fourth-order valence-corrected chi connectivity index (χ4v) is 6.87. The number of phenolic OH excluding ortho intramolecular Hbond substituents is 4. The lowest BCUT2D eigenvalue weighted by molar-refractivity contribution is 0.0587. The Morgan fingerprint density at radius 3 is 1.11 bits per heavy atom. The first-order valence-corrected chi connectivity index (χ1v) is 16.9. The van der Waals surface area contributed by atoms with Crippen LogP contribution in [-0.4, -0.2) is 76.5 Å². The summed E-state index contributed by atoms with van der Waals surface area (Å²) >= 11 is 32.2. The van der Waals surface area contributed by atoms with E-state index in [9.17, 15) is 39.6 Å². The second-order valence-electron chi connectivity index (χ2n) is 11.4. The molecule has 53 heavy (non-hydrogen) atoms. The van der Waals surface area contributed by atoms with Crippen LogP contribution in [-0.2, 0) is 31.8 Å². The standard InChI is InChI=1S/C36H29Cl5O12/c1-50-32(46)21-7-15(9-25(37)30(21)44)5-19-11-17(13-23(28(19)42)34(48)52-3)27(36(39,40)41)18-12-20(29(43)24(14-18)35(49)53-4)6-16-8-22(33(47)51-2)31(45)26(38)10-16/h7-14,27,42-45H,5-6H2,1-4H3. The van der Waals surface area contributed by atoms with Crippen molar-refractivity contribution >= 4 is 81.9 Å². The molecule has 0 aliphatic rings. The molecule has 0 spiro atoms. The molecule has 280 valence electrons. The summed E-state index contributed by atoms with van der Waals surface area (Å²) in [5.74, 6) is -7.20. The van der Waals surface area contributed by atoms with Gasteiger partial charge in [-0.3, -0.25) is 0 Å². The van der Waals surface area contributed by atoms with Gasteiger partial charge in [-0.25, -0.2) is 19.2 Å². The Balaban J connectivity index is 1.98. The first-order chi connectivity index (χ1) is 24.9. The van der Waals surface area contributed by atoms with Crippen LogP contribution in [0.2, 0.25) is 10.0 Å². The van der Waals surface area contributed by atoms with Crippen molar-refractivity contribution in [1.29, 1.82) is 0 Å². The smallest absolute Gasteiger partial charge is 0.341 e. The molecule has 12 nitrogen and oxygen atoms in total. The maximum Gasteiger partial charge on any atom is 0.341 e. The molecule has 0 aliphatic heterocycles. The molecule has 0 atom stereocenters. The lowest BCUT2D eigenvalue weighted by Crippen LogP contribution is -2.21. The molecule has 0 radical (unpaired) electrons. The summed E-state index contributed by atoms with van der Waals surface area (Å²) in [7, 11) is 4.38. The largest absolute Gasteiger partial charge is 0.507 e. The molecule has 0 unspecified atom stereocenters. The van der Waals surface area contributed by atoms with Crippen LogP contribution in [0.4, 0.5) is 0 Å². The van der Waals surface area contributed by atoms with Crippen molar-refractivity contribution in [2.75, 3.05) is 28.4 Å². The number of phenols is 4. The van der Waals surface area contributed by atoms with E-state index in [1.807, 2.05) is 0 Å². The summed E-state index contributed by atoms with van der Waals surface area (Å²) in [4.78, 5) is 50.6. The first-order valence-electron chi connectivity index (χ1n) is 15.0. The van der Waals surface area contributed by atoms with Crippen LogP contribution < -0.4 is 0 Å². The van der Waals surface area contributed by atoms with Gasteiger partial charge in [-0.15, -0.1) is 0 Å². The molecule has 17 heteroatoms. The fourth-order valence-electron chi connectivity index (χ4n) is 5.63. The zero-order chi connectivity index (χ0) is 39.5. The Bertz CT molecular complexity index is 1980. The van der Waals surface area contributed by atoms with E-state index in [4.69, 9.17) is 77.0 Å². The number of alkyl halides is 3. The summed E-state index contributed by atoms with van der Waals surface area (Å²) in [5.41, 5.74) is -0.327. The lowest BCUT2D eigenvalue weighted by Gasteiger charge is -2.28. The molecule has 0 heterocycles. The van der Waals surface area contributed by atoms with Gasteiger partial charge in [-0.05, 0) is 69.8 Å². The summed E-state index contributed by atoms with van der Waals surface area (Å²) < 4.78 is 17.0. The van der Waals surface area contributed by atoms with E-state index in [0.717, 1.165) is 28.4 Å². The summed E-state index contributed by atoms with van der Waals surface area (Å²) in [5, 5.41) is 42.8. The Morgan fingerprint density at radius 1 is 0.528 bits per heavy atom. The Hall–Kier alpha value is -4.59. The van der Waals surface area contributed by atoms with Gasteiger partial charge in [0.05, 0.1) is 44.4 Å². The van der Waals surface area contributed by atoms with Gasteiger partial charge >= 0.3 is 23.9 Å². The van der Waals surface area contributed by atoms with Crippen molar-refractivity contribution in [2.45, 2.75) is 22.6 Å². The zero-order valence-corrected chi connectivity index (χ0v) is 31.8. The molecular weight excluding hydrogens is 802 g/mol. The quantitative estimate of drug-likeness (QED) is 0.0696. The number of aromatic hydroxyl groups is 4. The van der Waals surface area contributed by atoms with Gasteiger partial charge < -0.3 is 39.4 Å². The number of halogens is 5. The molecule has 0 saturated heterocycles. The van der Waals surface area contributed by atoms with Gasteiger partial charge in [-0.2, -0.15) is 0 Å². The van der Waals surface area contributed by atoms with E-state index in [1.165, 1.54) is 48.5 Å². The Kier molecular flexibility index (Phi) is 12.9. The molecule has 0 saturated carbocycles. The predicted molar refractivity (Wildman–Crippen MR) is 196 cm³/mol. The monoisotopic (exact) mass is 828 g/mol. The predicted octanol–water partition coefficient (Wildman–Crippen LogP) is 7.65. The highest BCUT2D eigenvalue weighted by Crippen LogP contribution is 2.49. The highest BCUT2D eigenvalue weighted by molar-refractivity contribution is 6.68. The minimum atomic E-state index is -2.25. The third-order valence-corrected chi connectivity index (χ3v) is 9.30. The molecule has 4 N–H and O–H groups in total. The highest BCUT2D eigenvalue weighted by atomic mass is 35.6. The Labute approximate surface area is 327 Å². The van der Waals surface area contributed by atoms with Crippen LogP contribution in [0.1, 0.15) is 80.7 Å². The maximum absolute atomic E-state index is 13.0. The van der Waals surface area contributed by atoms with E-state index in [-0.39, 0.29) is 67.4 Å². The van der Waals surface area contributed by atoms with Gasteiger partial charge in [0.15, 0.2) is 0 Å². The fraction of sp³-hybridized carbons (Fsp3) is 0.222. The van der Waals surface area contributed by atoms with E-state index in [1.54, 1.807) is 0 Å². The van der Waals surface area contributed by atoms with Crippen molar-refractivity contribution in [3.63, 3.8) is 0 Å². The van der Waals surface area contributed by atoms with Crippen molar-refractivity contribution in [3.8, 4) is 23.0 Å². The van der Waals surface area contributed by atoms with Crippen molar-refractivity contribution < 1.29 is 58.6 Å². The molecule has 4 rings (SSSR count). The Morgan fingerprint density at radius 2 is 0.830 bits per heavy atom. The number of esters is 4. The van der Waals surface area contributed by atoms with Crippen LogP contribution in [0.15, 0.2) is 48.5 Å². The second kappa shape index (κ2) is 16.6. The molecule has 4 aromatic rings. The summed E-state index contributed by atoms with van der Waals surface area (Å²) in [6, 6.07) is 10.4. The van der Waals surface area contributed by atoms with Crippen molar-refractivity contribution in [3.05, 3.63) is 114 Å². The van der Waals surface area contributed by atoms with Gasteiger partial charge in [0.2, 0.25) is 3.79 Å². The van der Waals surface area contributed by atoms with Crippen LogP contribution >= 0.6 is 58.0 Å². The van der Waals surface area contributed by atoms with E-state index < -0.39 is 56.6 Å². The number of rotatable bonds is 10. The van der Waals surface area contributed by atoms with Crippen LogP contribution in [0.25, 0.3) is 0 Å². The number of benzene rings is 4. The molecule has 0 aromatic heterocycles. The number of carbonyl (C=O) groups excluding carboxylic acids is 4. The summed E-state index contributed by atoms with van der Waals surface area (Å²) in [6.45, 7) is 0. The van der Waals surface area contributed by atoms with Crippen LogP contribution in [0.5, 0.6) is 23.0 Å². The highest BCUT2D eigenvalue weighted by Gasteiger charge is 2.38. The second-order valence-corrected chi connectivity index (χ2v) is 14.6. The first kappa shape index (κ1) is 41.2. The third-order valence-electron chi connectivity index (χ3n) is 8.07. The molecule has 0 amide bonds. The minimum absolute atomic E-state index is 0.0565.